The highest BCUT2D eigenvalue weighted by molar-refractivity contribution is 6.30. The van der Waals surface area contributed by atoms with E-state index in [4.69, 9.17) is 17.3 Å². The van der Waals surface area contributed by atoms with Gasteiger partial charge in [-0.3, -0.25) is 4.79 Å². The average molecular weight is 321 g/mol. The van der Waals surface area contributed by atoms with Gasteiger partial charge in [0.15, 0.2) is 0 Å². The van der Waals surface area contributed by atoms with E-state index in [1.54, 1.807) is 29.2 Å². The molecule has 0 aliphatic carbocycles. The molecule has 0 saturated heterocycles. The maximum absolute atomic E-state index is 12.3. The summed E-state index contributed by atoms with van der Waals surface area (Å²) in [6.07, 6.45) is 4.08. The predicted octanol–water partition coefficient (Wildman–Crippen LogP) is 2.63. The van der Waals surface area contributed by atoms with Crippen LogP contribution in [0.15, 0.2) is 36.7 Å². The average Bonchev–Trinajstić information content (AvgIpc) is 2.96. The van der Waals surface area contributed by atoms with Crippen molar-refractivity contribution in [2.45, 2.75) is 26.3 Å². The number of nitrogens with one attached hydrogen (secondary N) is 1. The molecule has 22 heavy (non-hydrogen) atoms. The zero-order valence-electron chi connectivity index (χ0n) is 12.8. The molecule has 6 heteroatoms. The largest absolute Gasteiger partial charge is 0.348 e. The minimum Gasteiger partial charge on any atom is -0.348 e. The lowest BCUT2D eigenvalue weighted by Gasteiger charge is -2.18. The van der Waals surface area contributed by atoms with Crippen LogP contribution in [0, 0.1) is 5.92 Å². The van der Waals surface area contributed by atoms with Gasteiger partial charge in [0, 0.05) is 23.8 Å². The third-order valence-corrected chi connectivity index (χ3v) is 3.53. The molecule has 5 nitrogen and oxygen atoms in total. The van der Waals surface area contributed by atoms with Gasteiger partial charge in [-0.2, -0.15) is 5.10 Å². The summed E-state index contributed by atoms with van der Waals surface area (Å²) < 4.78 is 1.63. The van der Waals surface area contributed by atoms with Gasteiger partial charge >= 0.3 is 0 Å². The lowest BCUT2D eigenvalue weighted by molar-refractivity contribution is 0.0934. The van der Waals surface area contributed by atoms with Crippen molar-refractivity contribution < 1.29 is 4.79 Å². The lowest BCUT2D eigenvalue weighted by Crippen LogP contribution is -2.40. The first-order valence-corrected chi connectivity index (χ1v) is 7.69. The summed E-state index contributed by atoms with van der Waals surface area (Å²) in [6.45, 7) is 4.63. The topological polar surface area (TPSA) is 72.9 Å². The van der Waals surface area contributed by atoms with Crippen LogP contribution in [-0.2, 0) is 0 Å². The minimum absolute atomic E-state index is 0.0259. The minimum atomic E-state index is -0.163. The van der Waals surface area contributed by atoms with Gasteiger partial charge in [-0.1, -0.05) is 31.5 Å². The van der Waals surface area contributed by atoms with Gasteiger partial charge in [-0.15, -0.1) is 0 Å². The van der Waals surface area contributed by atoms with E-state index >= 15 is 0 Å². The monoisotopic (exact) mass is 320 g/mol. The molecule has 1 heterocycles. The van der Waals surface area contributed by atoms with Crippen LogP contribution in [0.4, 0.5) is 0 Å². The second-order valence-electron chi connectivity index (χ2n) is 5.69. The van der Waals surface area contributed by atoms with Gasteiger partial charge in [0.25, 0.3) is 5.91 Å². The van der Waals surface area contributed by atoms with E-state index in [1.165, 1.54) is 0 Å². The quantitative estimate of drug-likeness (QED) is 0.859. The van der Waals surface area contributed by atoms with E-state index < -0.39 is 0 Å². The highest BCUT2D eigenvalue weighted by atomic mass is 35.5. The molecule has 0 bridgehead atoms. The summed E-state index contributed by atoms with van der Waals surface area (Å²) in [5, 5.41) is 7.78. The van der Waals surface area contributed by atoms with E-state index in [1.807, 2.05) is 12.1 Å². The number of carbonyl (C=O) groups is 1. The van der Waals surface area contributed by atoms with Crippen LogP contribution in [0.3, 0.4) is 0 Å². The Labute approximate surface area is 135 Å². The summed E-state index contributed by atoms with van der Waals surface area (Å²) in [7, 11) is 0. The summed E-state index contributed by atoms with van der Waals surface area (Å²) in [5.74, 6) is 0.312. The number of rotatable bonds is 6. The third kappa shape index (κ3) is 4.32. The lowest BCUT2D eigenvalue weighted by atomic mass is 10.0. The van der Waals surface area contributed by atoms with E-state index in [0.29, 0.717) is 23.0 Å². The molecule has 1 aromatic heterocycles. The first-order chi connectivity index (χ1) is 10.5. The first-order valence-electron chi connectivity index (χ1n) is 7.31. The Bertz CT molecular complexity index is 639. The second-order valence-corrected chi connectivity index (χ2v) is 6.13. The van der Waals surface area contributed by atoms with Crippen LogP contribution in [0.25, 0.3) is 5.69 Å². The van der Waals surface area contributed by atoms with Crippen LogP contribution in [0.2, 0.25) is 5.02 Å². The molecule has 2 rings (SSSR count). The Morgan fingerprint density at radius 3 is 2.86 bits per heavy atom. The fourth-order valence-electron chi connectivity index (χ4n) is 2.25. The second kappa shape index (κ2) is 7.42. The highest BCUT2D eigenvalue weighted by Gasteiger charge is 2.15. The molecule has 1 aromatic carbocycles. The number of amides is 1. The molecule has 118 valence electrons. The van der Waals surface area contributed by atoms with Crippen molar-refractivity contribution in [3.05, 3.63) is 47.2 Å². The fourth-order valence-corrected chi connectivity index (χ4v) is 2.44. The van der Waals surface area contributed by atoms with Crippen molar-refractivity contribution in [1.29, 1.82) is 0 Å². The van der Waals surface area contributed by atoms with Crippen molar-refractivity contribution in [2.24, 2.45) is 11.7 Å². The molecule has 0 fully saturated rings. The van der Waals surface area contributed by atoms with Crippen molar-refractivity contribution in [3.63, 3.8) is 0 Å². The van der Waals surface area contributed by atoms with Gasteiger partial charge in [-0.25, -0.2) is 4.68 Å². The van der Waals surface area contributed by atoms with Crippen LogP contribution in [0.1, 0.15) is 30.6 Å². The number of carbonyl (C=O) groups excluding carboxylic acids is 1. The molecule has 0 radical (unpaired) electrons. The predicted molar refractivity (Wildman–Crippen MR) is 88.3 cm³/mol. The number of nitrogens with two attached hydrogens (primary N) is 1. The first kappa shape index (κ1) is 16.5. The SMILES string of the molecule is CC(C)CC(CN)NC(=O)c1cnn(-c2cccc(Cl)c2)c1. The van der Waals surface area contributed by atoms with Crippen LogP contribution < -0.4 is 11.1 Å². The van der Waals surface area contributed by atoms with Crippen LogP contribution >= 0.6 is 11.6 Å². The van der Waals surface area contributed by atoms with Crippen LogP contribution in [-0.4, -0.2) is 28.3 Å². The van der Waals surface area contributed by atoms with Gasteiger partial charge < -0.3 is 11.1 Å². The maximum atomic E-state index is 12.3. The summed E-state index contributed by atoms with van der Waals surface area (Å²) in [5.41, 5.74) is 7.02. The number of aromatic nitrogens is 2. The Balaban J connectivity index is 2.09. The number of benzene rings is 1. The third-order valence-electron chi connectivity index (χ3n) is 3.29. The summed E-state index contributed by atoms with van der Waals surface area (Å²) >= 11 is 5.97. The van der Waals surface area contributed by atoms with Gasteiger partial charge in [-0.05, 0) is 30.5 Å². The fraction of sp³-hybridized carbons (Fsp3) is 0.375. The number of hydrogen-bond donors (Lipinski definition) is 2. The van der Waals surface area contributed by atoms with Gasteiger partial charge in [0.2, 0.25) is 0 Å². The molecular formula is C16H21ClN4O. The van der Waals surface area contributed by atoms with E-state index in [9.17, 15) is 4.79 Å². The van der Waals surface area contributed by atoms with E-state index in [0.717, 1.165) is 12.1 Å². The molecule has 0 aliphatic heterocycles. The zero-order chi connectivity index (χ0) is 16.1. The number of halogens is 1. The zero-order valence-corrected chi connectivity index (χ0v) is 13.5. The van der Waals surface area contributed by atoms with E-state index in [-0.39, 0.29) is 11.9 Å². The molecule has 1 unspecified atom stereocenters. The van der Waals surface area contributed by atoms with E-state index in [2.05, 4.69) is 24.3 Å². The summed E-state index contributed by atoms with van der Waals surface area (Å²) in [4.78, 5) is 12.3. The Kier molecular flexibility index (Phi) is 5.57. The molecule has 0 saturated carbocycles. The standard InChI is InChI=1S/C16H21ClN4O/c1-11(2)6-14(8-18)20-16(22)12-9-19-21(10-12)15-5-3-4-13(17)7-15/h3-5,7,9-11,14H,6,8,18H2,1-2H3,(H,20,22). The Morgan fingerprint density at radius 1 is 1.45 bits per heavy atom. The van der Waals surface area contributed by atoms with Crippen molar-refractivity contribution >= 4 is 17.5 Å². The molecule has 1 atom stereocenters. The molecular weight excluding hydrogens is 300 g/mol. The Morgan fingerprint density at radius 2 is 2.23 bits per heavy atom. The maximum Gasteiger partial charge on any atom is 0.254 e. The van der Waals surface area contributed by atoms with Crippen molar-refractivity contribution in [3.8, 4) is 5.69 Å². The molecule has 2 aromatic rings. The highest BCUT2D eigenvalue weighted by Crippen LogP contribution is 2.15. The van der Waals surface area contributed by atoms with Crippen LogP contribution in [0.5, 0.6) is 0 Å². The normalized spacial score (nSPS) is 12.4. The molecule has 0 spiro atoms. The van der Waals surface area contributed by atoms with Crippen molar-refractivity contribution in [2.75, 3.05) is 6.54 Å². The number of nitrogens with zero attached hydrogens (tertiary/aromatic N) is 2. The van der Waals surface area contributed by atoms with Gasteiger partial charge in [0.05, 0.1) is 17.4 Å². The smallest absolute Gasteiger partial charge is 0.254 e. The van der Waals surface area contributed by atoms with Crippen molar-refractivity contribution in [1.82, 2.24) is 15.1 Å². The molecule has 0 aliphatic rings. The molecule has 1 amide bonds. The van der Waals surface area contributed by atoms with Gasteiger partial charge in [0.1, 0.15) is 0 Å². The molecule has 3 N–H and O–H groups in total. The number of hydrogen-bond acceptors (Lipinski definition) is 3. The Hall–Kier alpha value is -1.85. The summed E-state index contributed by atoms with van der Waals surface area (Å²) in [6, 6.07) is 7.27.